The Morgan fingerprint density at radius 2 is 2.16 bits per heavy atom. The van der Waals surface area contributed by atoms with E-state index in [0.29, 0.717) is 16.5 Å². The quantitative estimate of drug-likeness (QED) is 0.944. The minimum Gasteiger partial charge on any atom is -0.433 e. The molecule has 2 aromatic rings. The molecular weight excluding hydrogens is 278 g/mol. The molecule has 0 aliphatic carbocycles. The van der Waals surface area contributed by atoms with Gasteiger partial charge in [-0.1, -0.05) is 11.6 Å². The summed E-state index contributed by atoms with van der Waals surface area (Å²) in [6.45, 7) is -2.96. The van der Waals surface area contributed by atoms with Gasteiger partial charge in [0, 0.05) is 24.7 Å². The van der Waals surface area contributed by atoms with Crippen molar-refractivity contribution in [3.63, 3.8) is 0 Å². The van der Waals surface area contributed by atoms with Gasteiger partial charge in [0.15, 0.2) is 0 Å². The summed E-state index contributed by atoms with van der Waals surface area (Å²) in [5.74, 6) is -0.442. The average Bonchev–Trinajstić information content (AvgIpc) is 2.37. The number of carbonyl (C=O) groups excluding carboxylic acids is 1. The number of carbonyl (C=O) groups is 1. The van der Waals surface area contributed by atoms with Crippen molar-refractivity contribution in [2.75, 3.05) is 7.05 Å². The van der Waals surface area contributed by atoms with Crippen LogP contribution in [0.3, 0.4) is 0 Å². The summed E-state index contributed by atoms with van der Waals surface area (Å²) in [4.78, 5) is 15.5. The Kier molecular flexibility index (Phi) is 3.80. The molecule has 2 rings (SSSR count). The molecule has 0 bridgehead atoms. The van der Waals surface area contributed by atoms with Gasteiger partial charge in [0.1, 0.15) is 5.75 Å². The van der Waals surface area contributed by atoms with E-state index in [4.69, 9.17) is 11.6 Å². The van der Waals surface area contributed by atoms with E-state index in [9.17, 15) is 13.6 Å². The zero-order valence-corrected chi connectivity index (χ0v) is 10.5. The largest absolute Gasteiger partial charge is 0.433 e. The third kappa shape index (κ3) is 2.90. The predicted molar refractivity (Wildman–Crippen MR) is 66.8 cm³/mol. The molecule has 0 unspecified atom stereocenters. The number of ether oxygens (including phenoxy) is 1. The van der Waals surface area contributed by atoms with Crippen LogP contribution in [0, 0.1) is 0 Å². The maximum Gasteiger partial charge on any atom is 0.387 e. The van der Waals surface area contributed by atoms with Crippen molar-refractivity contribution in [1.29, 1.82) is 0 Å². The summed E-state index contributed by atoms with van der Waals surface area (Å²) >= 11 is 5.83. The van der Waals surface area contributed by atoms with Crippen LogP contribution in [-0.2, 0) is 0 Å². The van der Waals surface area contributed by atoms with Gasteiger partial charge in [-0.2, -0.15) is 8.78 Å². The first kappa shape index (κ1) is 13.5. The number of pyridine rings is 1. The van der Waals surface area contributed by atoms with Crippen LogP contribution >= 0.6 is 11.6 Å². The Hall–Kier alpha value is -1.95. The lowest BCUT2D eigenvalue weighted by atomic mass is 10.1. The minimum absolute atomic E-state index is 0.0312. The molecule has 0 saturated heterocycles. The summed E-state index contributed by atoms with van der Waals surface area (Å²) < 4.78 is 28.6. The fraction of sp³-hybridized carbons (Fsp3) is 0.167. The van der Waals surface area contributed by atoms with E-state index in [1.807, 2.05) is 0 Å². The molecule has 100 valence electrons. The van der Waals surface area contributed by atoms with E-state index in [0.717, 1.165) is 0 Å². The van der Waals surface area contributed by atoms with Gasteiger partial charge in [0.2, 0.25) is 0 Å². The highest BCUT2D eigenvalue weighted by Gasteiger charge is 2.12. The fourth-order valence-electron chi connectivity index (χ4n) is 1.58. The molecule has 1 amide bonds. The monoisotopic (exact) mass is 286 g/mol. The highest BCUT2D eigenvalue weighted by Crippen LogP contribution is 2.30. The van der Waals surface area contributed by atoms with Gasteiger partial charge in [0.05, 0.1) is 16.1 Å². The van der Waals surface area contributed by atoms with Crippen molar-refractivity contribution >= 4 is 28.4 Å². The lowest BCUT2D eigenvalue weighted by Crippen LogP contribution is -2.17. The standard InChI is InChI=1S/C12H9ClF2N2O2/c1-16-11(18)7-2-6-3-8(13)10(19-12(14)15)4-9(6)17-5-7/h2-5,12H,1H3,(H,16,18). The number of hydrogen-bond donors (Lipinski definition) is 1. The van der Waals surface area contributed by atoms with Gasteiger partial charge in [-0.3, -0.25) is 9.78 Å². The fourth-order valence-corrected chi connectivity index (χ4v) is 1.80. The van der Waals surface area contributed by atoms with Crippen LogP contribution in [0.2, 0.25) is 5.02 Å². The number of nitrogens with zero attached hydrogens (tertiary/aromatic N) is 1. The molecule has 0 spiro atoms. The molecule has 0 aliphatic heterocycles. The number of nitrogens with one attached hydrogen (secondary N) is 1. The number of hydrogen-bond acceptors (Lipinski definition) is 3. The summed E-state index contributed by atoms with van der Waals surface area (Å²) in [5, 5.41) is 3.06. The van der Waals surface area contributed by atoms with Gasteiger partial charge >= 0.3 is 6.61 Å². The molecule has 1 aromatic carbocycles. The number of fused-ring (bicyclic) bond motifs is 1. The van der Waals surface area contributed by atoms with Crippen molar-refractivity contribution in [2.45, 2.75) is 6.61 Å². The zero-order valence-electron chi connectivity index (χ0n) is 9.78. The number of alkyl halides is 2. The Morgan fingerprint density at radius 1 is 1.42 bits per heavy atom. The summed E-state index contributed by atoms with van der Waals surface area (Å²) in [7, 11) is 1.50. The Balaban J connectivity index is 2.49. The van der Waals surface area contributed by atoms with E-state index in [1.54, 1.807) is 6.07 Å². The number of amides is 1. The smallest absolute Gasteiger partial charge is 0.387 e. The lowest BCUT2D eigenvalue weighted by molar-refractivity contribution is -0.0497. The maximum atomic E-state index is 12.2. The van der Waals surface area contributed by atoms with E-state index in [-0.39, 0.29) is 16.7 Å². The molecule has 1 heterocycles. The number of rotatable bonds is 3. The topological polar surface area (TPSA) is 51.2 Å². The number of aromatic nitrogens is 1. The summed E-state index contributed by atoms with van der Waals surface area (Å²) in [5.41, 5.74) is 0.765. The molecule has 0 fully saturated rings. The van der Waals surface area contributed by atoms with Gasteiger partial charge in [0.25, 0.3) is 5.91 Å². The van der Waals surface area contributed by atoms with E-state index in [1.165, 1.54) is 25.4 Å². The van der Waals surface area contributed by atoms with Crippen LogP contribution in [-0.4, -0.2) is 24.6 Å². The van der Waals surface area contributed by atoms with Gasteiger partial charge < -0.3 is 10.1 Å². The van der Waals surface area contributed by atoms with Crippen molar-refractivity contribution in [2.24, 2.45) is 0 Å². The van der Waals surface area contributed by atoms with Crippen LogP contribution in [0.25, 0.3) is 10.9 Å². The molecule has 0 aliphatic rings. The van der Waals surface area contributed by atoms with Crippen LogP contribution in [0.4, 0.5) is 8.78 Å². The van der Waals surface area contributed by atoms with Gasteiger partial charge in [-0.05, 0) is 12.1 Å². The van der Waals surface area contributed by atoms with Crippen molar-refractivity contribution in [3.05, 3.63) is 35.0 Å². The van der Waals surface area contributed by atoms with Crippen molar-refractivity contribution in [1.82, 2.24) is 10.3 Å². The molecule has 0 radical (unpaired) electrons. The maximum absolute atomic E-state index is 12.2. The predicted octanol–water partition coefficient (Wildman–Crippen LogP) is 2.85. The highest BCUT2D eigenvalue weighted by atomic mass is 35.5. The normalized spacial score (nSPS) is 10.8. The summed E-state index contributed by atoms with van der Waals surface area (Å²) in [6.07, 6.45) is 1.35. The summed E-state index contributed by atoms with van der Waals surface area (Å²) in [6, 6.07) is 4.30. The first-order valence-corrected chi connectivity index (χ1v) is 5.65. The molecule has 4 nitrogen and oxygen atoms in total. The van der Waals surface area contributed by atoms with Crippen LogP contribution in [0.15, 0.2) is 24.4 Å². The van der Waals surface area contributed by atoms with Gasteiger partial charge in [-0.25, -0.2) is 0 Å². The number of halogens is 3. The van der Waals surface area contributed by atoms with Crippen molar-refractivity contribution in [3.8, 4) is 5.75 Å². The second kappa shape index (κ2) is 5.36. The highest BCUT2D eigenvalue weighted by molar-refractivity contribution is 6.32. The van der Waals surface area contributed by atoms with Crippen LogP contribution < -0.4 is 10.1 Å². The third-order valence-electron chi connectivity index (χ3n) is 2.44. The van der Waals surface area contributed by atoms with E-state index in [2.05, 4.69) is 15.0 Å². The third-order valence-corrected chi connectivity index (χ3v) is 2.74. The molecular formula is C12H9ClF2N2O2. The van der Waals surface area contributed by atoms with Crippen LogP contribution in [0.1, 0.15) is 10.4 Å². The van der Waals surface area contributed by atoms with E-state index >= 15 is 0 Å². The molecule has 0 atom stereocenters. The van der Waals surface area contributed by atoms with Gasteiger partial charge in [-0.15, -0.1) is 0 Å². The average molecular weight is 287 g/mol. The zero-order chi connectivity index (χ0) is 14.0. The SMILES string of the molecule is CNC(=O)c1cnc2cc(OC(F)F)c(Cl)cc2c1. The minimum atomic E-state index is -2.96. The molecule has 7 heteroatoms. The Morgan fingerprint density at radius 3 is 2.79 bits per heavy atom. The molecule has 1 aromatic heterocycles. The first-order chi connectivity index (χ1) is 9.01. The van der Waals surface area contributed by atoms with E-state index < -0.39 is 6.61 Å². The molecule has 1 N–H and O–H groups in total. The number of benzene rings is 1. The molecule has 0 saturated carbocycles. The first-order valence-electron chi connectivity index (χ1n) is 5.27. The second-order valence-electron chi connectivity index (χ2n) is 3.66. The second-order valence-corrected chi connectivity index (χ2v) is 4.06. The van der Waals surface area contributed by atoms with Crippen LogP contribution in [0.5, 0.6) is 5.75 Å². The molecule has 19 heavy (non-hydrogen) atoms. The lowest BCUT2D eigenvalue weighted by Gasteiger charge is -2.08. The Labute approximate surface area is 112 Å². The van der Waals surface area contributed by atoms with Crippen molar-refractivity contribution < 1.29 is 18.3 Å². The Bertz CT molecular complexity index is 634.